The van der Waals surface area contributed by atoms with Crippen molar-refractivity contribution >= 4 is 12.4 Å². The Balaban J connectivity index is 0.00000256. The first-order chi connectivity index (χ1) is 7.00. The summed E-state index contributed by atoms with van der Waals surface area (Å²) >= 11 is 0. The molecular weight excluding hydrogens is 279 g/mol. The average Bonchev–Trinajstić information content (AvgIpc) is 2.85. The van der Waals surface area contributed by atoms with Gasteiger partial charge < -0.3 is 5.73 Å². The zero-order chi connectivity index (χ0) is 12.8. The monoisotopic (exact) mass is 289 g/mol. The Bertz CT molecular complexity index is 261. The highest BCUT2D eigenvalue weighted by Gasteiger charge is 2.74. The minimum atomic E-state index is -6.29. The number of rotatable bonds is 4. The van der Waals surface area contributed by atoms with Crippen LogP contribution in [-0.2, 0) is 0 Å². The maximum atomic E-state index is 12.9. The van der Waals surface area contributed by atoms with Crippen LogP contribution in [0.1, 0.15) is 19.3 Å². The van der Waals surface area contributed by atoms with E-state index in [1.54, 1.807) is 0 Å². The van der Waals surface area contributed by atoms with Crippen LogP contribution in [0, 0.1) is 5.92 Å². The molecule has 0 spiro atoms. The van der Waals surface area contributed by atoms with Crippen LogP contribution in [0.3, 0.4) is 0 Å². The second-order valence-corrected chi connectivity index (χ2v) is 3.98. The molecule has 0 saturated heterocycles. The first kappa shape index (κ1) is 16.8. The minimum absolute atomic E-state index is 0. The maximum Gasteiger partial charge on any atom is 0.459 e. The SMILES string of the molecule is Cl.N[C@H](CC1CC1)C(F)(F)C(F)(F)C(F)(F)F. The molecule has 0 unspecified atom stereocenters. The van der Waals surface area contributed by atoms with Gasteiger partial charge in [0, 0.05) is 0 Å². The molecule has 1 rings (SSSR count). The van der Waals surface area contributed by atoms with Gasteiger partial charge in [-0.25, -0.2) is 0 Å². The van der Waals surface area contributed by atoms with Gasteiger partial charge in [0.2, 0.25) is 0 Å². The highest BCUT2D eigenvalue weighted by atomic mass is 35.5. The lowest BCUT2D eigenvalue weighted by molar-refractivity contribution is -0.358. The van der Waals surface area contributed by atoms with E-state index in [4.69, 9.17) is 5.73 Å². The van der Waals surface area contributed by atoms with E-state index < -0.39 is 30.5 Å². The van der Waals surface area contributed by atoms with Crippen LogP contribution < -0.4 is 5.73 Å². The molecule has 1 saturated carbocycles. The molecule has 1 aliphatic rings. The summed E-state index contributed by atoms with van der Waals surface area (Å²) in [4.78, 5) is 0. The molecule has 0 aromatic heterocycles. The molecule has 1 fully saturated rings. The van der Waals surface area contributed by atoms with Gasteiger partial charge in [-0.3, -0.25) is 0 Å². The van der Waals surface area contributed by atoms with Gasteiger partial charge in [0.05, 0.1) is 6.04 Å². The number of hydrogen-bond acceptors (Lipinski definition) is 1. The summed E-state index contributed by atoms with van der Waals surface area (Å²) in [5.41, 5.74) is 4.75. The standard InChI is InChI=1S/C8H10F7N.ClH/c9-6(10,5(16)3-4-1-2-4)7(11,12)8(13,14)15;/h4-5H,1-3,16H2;1H/t5-;/m1./s1. The maximum absolute atomic E-state index is 12.9. The Morgan fingerprint density at radius 1 is 1.00 bits per heavy atom. The summed E-state index contributed by atoms with van der Waals surface area (Å²) in [5, 5.41) is 0. The summed E-state index contributed by atoms with van der Waals surface area (Å²) in [6.07, 6.45) is -5.72. The lowest BCUT2D eigenvalue weighted by Crippen LogP contribution is -2.60. The van der Waals surface area contributed by atoms with Crippen LogP contribution in [0.25, 0.3) is 0 Å². The molecule has 104 valence electrons. The fourth-order valence-corrected chi connectivity index (χ4v) is 1.28. The Labute approximate surface area is 98.9 Å². The third-order valence-electron chi connectivity index (χ3n) is 2.52. The molecule has 1 aliphatic carbocycles. The quantitative estimate of drug-likeness (QED) is 0.789. The minimum Gasteiger partial charge on any atom is -0.322 e. The largest absolute Gasteiger partial charge is 0.459 e. The predicted molar refractivity (Wildman–Crippen MR) is 48.5 cm³/mol. The molecule has 9 heteroatoms. The molecular formula is C8H11ClF7N. The van der Waals surface area contributed by atoms with E-state index in [2.05, 4.69) is 0 Å². The van der Waals surface area contributed by atoms with E-state index in [1.807, 2.05) is 0 Å². The first-order valence-electron chi connectivity index (χ1n) is 4.58. The average molecular weight is 290 g/mol. The molecule has 0 radical (unpaired) electrons. The second kappa shape index (κ2) is 4.79. The molecule has 2 N–H and O–H groups in total. The van der Waals surface area contributed by atoms with Gasteiger partial charge in [0.25, 0.3) is 0 Å². The Kier molecular flexibility index (Phi) is 4.73. The van der Waals surface area contributed by atoms with Gasteiger partial charge >= 0.3 is 18.0 Å². The van der Waals surface area contributed by atoms with Gasteiger partial charge in [-0.2, -0.15) is 30.7 Å². The van der Waals surface area contributed by atoms with Gasteiger partial charge in [-0.15, -0.1) is 12.4 Å². The highest BCUT2D eigenvalue weighted by molar-refractivity contribution is 5.85. The van der Waals surface area contributed by atoms with Crippen molar-refractivity contribution in [3.05, 3.63) is 0 Å². The highest BCUT2D eigenvalue weighted by Crippen LogP contribution is 2.49. The van der Waals surface area contributed by atoms with Gasteiger partial charge in [-0.05, 0) is 12.3 Å². The van der Waals surface area contributed by atoms with Crippen molar-refractivity contribution in [1.82, 2.24) is 0 Å². The lowest BCUT2D eigenvalue weighted by Gasteiger charge is -2.32. The Morgan fingerprint density at radius 3 is 1.71 bits per heavy atom. The third kappa shape index (κ3) is 3.15. The van der Waals surface area contributed by atoms with E-state index >= 15 is 0 Å². The van der Waals surface area contributed by atoms with Crippen molar-refractivity contribution in [3.63, 3.8) is 0 Å². The number of hydrogen-bond donors (Lipinski definition) is 1. The van der Waals surface area contributed by atoms with Crippen LogP contribution in [0.4, 0.5) is 30.7 Å². The van der Waals surface area contributed by atoms with Crippen LogP contribution >= 0.6 is 12.4 Å². The normalized spacial score (nSPS) is 19.8. The Hall–Kier alpha value is -0.240. The second-order valence-electron chi connectivity index (χ2n) is 3.98. The zero-order valence-corrected chi connectivity index (χ0v) is 9.22. The third-order valence-corrected chi connectivity index (χ3v) is 2.52. The van der Waals surface area contributed by atoms with Crippen LogP contribution in [-0.4, -0.2) is 24.1 Å². The number of nitrogens with two attached hydrogens (primary N) is 1. The summed E-state index contributed by atoms with van der Waals surface area (Å²) in [6.45, 7) is 0. The molecule has 1 atom stereocenters. The topological polar surface area (TPSA) is 26.0 Å². The summed E-state index contributed by atoms with van der Waals surface area (Å²) in [5.74, 6) is -11.6. The molecule has 0 aromatic carbocycles. The summed E-state index contributed by atoms with van der Waals surface area (Å²) < 4.78 is 86.0. The van der Waals surface area contributed by atoms with Crippen molar-refractivity contribution < 1.29 is 30.7 Å². The molecule has 0 bridgehead atoms. The van der Waals surface area contributed by atoms with Crippen molar-refractivity contribution in [3.8, 4) is 0 Å². The molecule has 0 heterocycles. The van der Waals surface area contributed by atoms with Crippen molar-refractivity contribution in [1.29, 1.82) is 0 Å². The first-order valence-corrected chi connectivity index (χ1v) is 4.58. The molecule has 0 amide bonds. The van der Waals surface area contributed by atoms with E-state index in [1.165, 1.54) is 0 Å². The van der Waals surface area contributed by atoms with Crippen LogP contribution in [0.5, 0.6) is 0 Å². The van der Waals surface area contributed by atoms with Crippen molar-refractivity contribution in [2.45, 2.75) is 43.3 Å². The smallest absolute Gasteiger partial charge is 0.322 e. The van der Waals surface area contributed by atoms with Crippen LogP contribution in [0.15, 0.2) is 0 Å². The molecule has 17 heavy (non-hydrogen) atoms. The summed E-state index contributed by atoms with van der Waals surface area (Å²) in [6, 6.07) is -2.48. The fraction of sp³-hybridized carbons (Fsp3) is 1.00. The fourth-order valence-electron chi connectivity index (χ4n) is 1.28. The van der Waals surface area contributed by atoms with Crippen LogP contribution in [0.2, 0.25) is 0 Å². The van der Waals surface area contributed by atoms with Gasteiger partial charge in [-0.1, -0.05) is 12.8 Å². The summed E-state index contributed by atoms with van der Waals surface area (Å²) in [7, 11) is 0. The molecule has 1 nitrogen and oxygen atoms in total. The van der Waals surface area contributed by atoms with E-state index in [-0.39, 0.29) is 18.3 Å². The molecule has 0 aliphatic heterocycles. The van der Waals surface area contributed by atoms with E-state index in [0.717, 1.165) is 0 Å². The van der Waals surface area contributed by atoms with Crippen molar-refractivity contribution in [2.24, 2.45) is 11.7 Å². The van der Waals surface area contributed by atoms with E-state index in [9.17, 15) is 30.7 Å². The predicted octanol–water partition coefficient (Wildman–Crippen LogP) is 3.37. The van der Waals surface area contributed by atoms with E-state index in [0.29, 0.717) is 12.8 Å². The Morgan fingerprint density at radius 2 is 1.41 bits per heavy atom. The number of alkyl halides is 7. The molecule has 0 aromatic rings. The lowest BCUT2D eigenvalue weighted by atomic mass is 9.98. The van der Waals surface area contributed by atoms with Gasteiger partial charge in [0.1, 0.15) is 0 Å². The number of halogens is 8. The van der Waals surface area contributed by atoms with Crippen molar-refractivity contribution in [2.75, 3.05) is 0 Å². The zero-order valence-electron chi connectivity index (χ0n) is 8.41. The van der Waals surface area contributed by atoms with Gasteiger partial charge in [0.15, 0.2) is 0 Å².